The standard InChI is InChI=1S/C10H7Cl2N3OS/c11-7-2-1-6(5-8(7)12)14-9(16)15-10-13-3-4-17-10/h1-5H,(H2,13,14,15,16). The SMILES string of the molecule is O=C(Nc1ccc(Cl)c(Cl)c1)Nc1nccs1. The van der Waals surface area contributed by atoms with Crippen LogP contribution >= 0.6 is 34.5 Å². The second-order valence-corrected chi connectivity index (χ2v) is 4.75. The topological polar surface area (TPSA) is 54.0 Å². The van der Waals surface area contributed by atoms with Gasteiger partial charge in [0.05, 0.1) is 10.0 Å². The first kappa shape index (κ1) is 12.2. The minimum atomic E-state index is -0.377. The zero-order chi connectivity index (χ0) is 12.3. The molecular weight excluding hydrogens is 281 g/mol. The minimum absolute atomic E-state index is 0.377. The third-order valence-corrected chi connectivity index (χ3v) is 3.26. The van der Waals surface area contributed by atoms with Gasteiger partial charge in [0.15, 0.2) is 5.13 Å². The molecule has 2 amide bonds. The molecule has 0 aliphatic heterocycles. The van der Waals surface area contributed by atoms with Crippen LogP contribution in [0.15, 0.2) is 29.8 Å². The number of carbonyl (C=O) groups is 1. The summed E-state index contributed by atoms with van der Waals surface area (Å²) in [5, 5.41) is 8.34. The highest BCUT2D eigenvalue weighted by Crippen LogP contribution is 2.25. The lowest BCUT2D eigenvalue weighted by atomic mass is 10.3. The monoisotopic (exact) mass is 287 g/mol. The molecule has 0 fully saturated rings. The van der Waals surface area contributed by atoms with Crippen molar-refractivity contribution in [1.82, 2.24) is 4.98 Å². The largest absolute Gasteiger partial charge is 0.325 e. The van der Waals surface area contributed by atoms with Gasteiger partial charge in [-0.25, -0.2) is 9.78 Å². The number of hydrogen-bond donors (Lipinski definition) is 2. The molecule has 0 atom stereocenters. The molecule has 0 aliphatic rings. The molecule has 2 rings (SSSR count). The maximum absolute atomic E-state index is 11.5. The molecule has 17 heavy (non-hydrogen) atoms. The summed E-state index contributed by atoms with van der Waals surface area (Å²) in [4.78, 5) is 15.5. The van der Waals surface area contributed by atoms with E-state index in [-0.39, 0.29) is 6.03 Å². The number of urea groups is 1. The van der Waals surface area contributed by atoms with Gasteiger partial charge in [0.1, 0.15) is 0 Å². The van der Waals surface area contributed by atoms with E-state index in [0.717, 1.165) is 0 Å². The Hall–Kier alpha value is -1.30. The zero-order valence-corrected chi connectivity index (χ0v) is 10.7. The third-order valence-electron chi connectivity index (χ3n) is 1.83. The summed E-state index contributed by atoms with van der Waals surface area (Å²) < 4.78 is 0. The van der Waals surface area contributed by atoms with Gasteiger partial charge in [-0.15, -0.1) is 11.3 Å². The molecule has 0 unspecified atom stereocenters. The molecule has 0 saturated heterocycles. The van der Waals surface area contributed by atoms with Crippen molar-refractivity contribution in [3.8, 4) is 0 Å². The fraction of sp³-hybridized carbons (Fsp3) is 0. The number of rotatable bonds is 2. The van der Waals surface area contributed by atoms with Crippen molar-refractivity contribution in [3.05, 3.63) is 39.8 Å². The summed E-state index contributed by atoms with van der Waals surface area (Å²) in [6.45, 7) is 0. The lowest BCUT2D eigenvalue weighted by Crippen LogP contribution is -2.19. The van der Waals surface area contributed by atoms with Crippen LogP contribution in [0.2, 0.25) is 10.0 Å². The maximum Gasteiger partial charge on any atom is 0.325 e. The predicted octanol–water partition coefficient (Wildman–Crippen LogP) is 4.09. The molecule has 1 aromatic heterocycles. The van der Waals surface area contributed by atoms with Crippen LogP contribution in [0, 0.1) is 0 Å². The number of halogens is 2. The van der Waals surface area contributed by atoms with Gasteiger partial charge >= 0.3 is 6.03 Å². The van der Waals surface area contributed by atoms with Crippen LogP contribution in [-0.2, 0) is 0 Å². The maximum atomic E-state index is 11.5. The van der Waals surface area contributed by atoms with E-state index < -0.39 is 0 Å². The van der Waals surface area contributed by atoms with Crippen molar-refractivity contribution >= 4 is 51.4 Å². The number of nitrogens with one attached hydrogen (secondary N) is 2. The second kappa shape index (κ2) is 5.35. The molecule has 7 heteroatoms. The van der Waals surface area contributed by atoms with Crippen LogP contribution in [0.5, 0.6) is 0 Å². The van der Waals surface area contributed by atoms with Crippen LogP contribution in [-0.4, -0.2) is 11.0 Å². The number of thiazole rings is 1. The second-order valence-electron chi connectivity index (χ2n) is 3.05. The average Bonchev–Trinajstić information content (AvgIpc) is 2.76. The molecule has 1 aromatic carbocycles. The molecule has 0 radical (unpaired) electrons. The normalized spacial score (nSPS) is 10.0. The Morgan fingerprint density at radius 2 is 2.06 bits per heavy atom. The van der Waals surface area contributed by atoms with Gasteiger partial charge < -0.3 is 5.32 Å². The molecule has 2 N–H and O–H groups in total. The van der Waals surface area contributed by atoms with Crippen molar-refractivity contribution in [1.29, 1.82) is 0 Å². The van der Waals surface area contributed by atoms with E-state index in [2.05, 4.69) is 15.6 Å². The fourth-order valence-electron chi connectivity index (χ4n) is 1.12. The van der Waals surface area contributed by atoms with Gasteiger partial charge in [-0.2, -0.15) is 0 Å². The molecule has 0 spiro atoms. The Labute approximate surface area is 112 Å². The molecule has 0 saturated carbocycles. The Bertz CT molecular complexity index is 530. The highest BCUT2D eigenvalue weighted by atomic mass is 35.5. The Balaban J connectivity index is 2.00. The highest BCUT2D eigenvalue weighted by Gasteiger charge is 2.05. The number of carbonyl (C=O) groups excluding carboxylic acids is 1. The van der Waals surface area contributed by atoms with E-state index in [9.17, 15) is 4.79 Å². The fourth-order valence-corrected chi connectivity index (χ4v) is 1.94. The Morgan fingerprint density at radius 1 is 1.24 bits per heavy atom. The van der Waals surface area contributed by atoms with Crippen molar-refractivity contribution in [3.63, 3.8) is 0 Å². The summed E-state index contributed by atoms with van der Waals surface area (Å²) in [5.74, 6) is 0. The van der Waals surface area contributed by atoms with Crippen LogP contribution in [0.3, 0.4) is 0 Å². The van der Waals surface area contributed by atoms with Crippen LogP contribution in [0.1, 0.15) is 0 Å². The quantitative estimate of drug-likeness (QED) is 0.874. The summed E-state index contributed by atoms with van der Waals surface area (Å²) in [7, 11) is 0. The Morgan fingerprint density at radius 3 is 2.71 bits per heavy atom. The van der Waals surface area contributed by atoms with E-state index >= 15 is 0 Å². The average molecular weight is 288 g/mol. The van der Waals surface area contributed by atoms with Crippen LogP contribution in [0.25, 0.3) is 0 Å². The van der Waals surface area contributed by atoms with Gasteiger partial charge in [0, 0.05) is 17.3 Å². The van der Waals surface area contributed by atoms with E-state index in [4.69, 9.17) is 23.2 Å². The van der Waals surface area contributed by atoms with Crippen molar-refractivity contribution in [2.45, 2.75) is 0 Å². The van der Waals surface area contributed by atoms with Crippen molar-refractivity contribution in [2.75, 3.05) is 10.6 Å². The summed E-state index contributed by atoms with van der Waals surface area (Å²) in [5.41, 5.74) is 0.563. The molecule has 0 bridgehead atoms. The first-order valence-corrected chi connectivity index (χ1v) is 6.21. The molecule has 1 heterocycles. The third kappa shape index (κ3) is 3.33. The van der Waals surface area contributed by atoms with Crippen LogP contribution in [0.4, 0.5) is 15.6 Å². The van der Waals surface area contributed by atoms with E-state index in [1.165, 1.54) is 11.3 Å². The van der Waals surface area contributed by atoms with E-state index in [1.807, 2.05) is 0 Å². The van der Waals surface area contributed by atoms with Gasteiger partial charge in [0.25, 0.3) is 0 Å². The number of aromatic nitrogens is 1. The molecular formula is C10H7Cl2N3OS. The highest BCUT2D eigenvalue weighted by molar-refractivity contribution is 7.13. The number of nitrogens with zero attached hydrogens (tertiary/aromatic N) is 1. The summed E-state index contributed by atoms with van der Waals surface area (Å²) >= 11 is 12.9. The van der Waals surface area contributed by atoms with Crippen molar-refractivity contribution < 1.29 is 4.79 Å². The smallest absolute Gasteiger partial charge is 0.308 e. The first-order valence-electron chi connectivity index (χ1n) is 4.58. The molecule has 88 valence electrons. The van der Waals surface area contributed by atoms with Crippen molar-refractivity contribution in [2.24, 2.45) is 0 Å². The van der Waals surface area contributed by atoms with E-state index in [1.54, 1.807) is 29.8 Å². The number of benzene rings is 1. The van der Waals surface area contributed by atoms with Gasteiger partial charge in [-0.05, 0) is 18.2 Å². The molecule has 0 aliphatic carbocycles. The van der Waals surface area contributed by atoms with Gasteiger partial charge in [-0.1, -0.05) is 23.2 Å². The van der Waals surface area contributed by atoms with Gasteiger partial charge in [0.2, 0.25) is 0 Å². The first-order chi connectivity index (χ1) is 8.15. The number of hydrogen-bond acceptors (Lipinski definition) is 3. The minimum Gasteiger partial charge on any atom is -0.308 e. The predicted molar refractivity (Wildman–Crippen MR) is 71.2 cm³/mol. The summed E-state index contributed by atoms with van der Waals surface area (Å²) in [6.07, 6.45) is 1.61. The lowest BCUT2D eigenvalue weighted by Gasteiger charge is -2.06. The molecule has 2 aromatic rings. The Kier molecular flexibility index (Phi) is 3.83. The van der Waals surface area contributed by atoms with Crippen LogP contribution < -0.4 is 10.6 Å². The molecule has 4 nitrogen and oxygen atoms in total. The van der Waals surface area contributed by atoms with Gasteiger partial charge in [-0.3, -0.25) is 5.32 Å². The number of anilines is 2. The summed E-state index contributed by atoms with van der Waals surface area (Å²) in [6, 6.07) is 4.47. The number of amides is 2. The lowest BCUT2D eigenvalue weighted by molar-refractivity contribution is 0.262. The zero-order valence-electron chi connectivity index (χ0n) is 8.41. The van der Waals surface area contributed by atoms with E-state index in [0.29, 0.717) is 20.9 Å².